The molecule has 1 aromatic rings. The van der Waals surface area contributed by atoms with Crippen molar-refractivity contribution in [1.29, 1.82) is 0 Å². The highest BCUT2D eigenvalue weighted by Gasteiger charge is 2.31. The summed E-state index contributed by atoms with van der Waals surface area (Å²) in [5, 5.41) is 9.55. The van der Waals surface area contributed by atoms with Crippen molar-refractivity contribution in [3.05, 3.63) is 34.4 Å². The molecule has 0 amide bonds. The van der Waals surface area contributed by atoms with Crippen LogP contribution in [-0.4, -0.2) is 16.9 Å². The van der Waals surface area contributed by atoms with Gasteiger partial charge in [0.15, 0.2) is 5.78 Å². The van der Waals surface area contributed by atoms with E-state index in [1.807, 2.05) is 27.7 Å². The van der Waals surface area contributed by atoms with Gasteiger partial charge in [-0.05, 0) is 58.1 Å². The van der Waals surface area contributed by atoms with Crippen molar-refractivity contribution < 1.29 is 19.3 Å². The van der Waals surface area contributed by atoms with Crippen LogP contribution in [0.1, 0.15) is 92.3 Å². The summed E-state index contributed by atoms with van der Waals surface area (Å²) < 4.78 is 8.06. The molecule has 0 bridgehead atoms. The van der Waals surface area contributed by atoms with Crippen molar-refractivity contribution in [3.8, 4) is 0 Å². The number of hydrogen-bond donors (Lipinski definition) is 1. The fraction of sp³-hybridized carbons (Fsp3) is 0.636. The first-order valence-electron chi connectivity index (χ1n) is 9.76. The number of aryl methyl sites for hydroxylation is 3. The lowest BCUT2D eigenvalue weighted by Crippen LogP contribution is -2.27. The van der Waals surface area contributed by atoms with Crippen LogP contribution in [-0.2, 0) is 9.36 Å². The van der Waals surface area contributed by atoms with Crippen LogP contribution in [0.4, 0.5) is 0 Å². The fourth-order valence-electron chi connectivity index (χ4n) is 3.65. The maximum Gasteiger partial charge on any atom is 0.309 e. The molecule has 27 heavy (non-hydrogen) atoms. The second-order valence-corrected chi connectivity index (χ2v) is 7.73. The predicted molar refractivity (Wildman–Crippen MR) is 112 cm³/mol. The molecule has 1 unspecified atom stereocenters. The van der Waals surface area contributed by atoms with Crippen LogP contribution >= 0.6 is 9.12 Å². The first kappa shape index (κ1) is 25.5. The monoisotopic (exact) mass is 394 g/mol. The van der Waals surface area contributed by atoms with Crippen LogP contribution in [0.3, 0.4) is 0 Å². The lowest BCUT2D eigenvalue weighted by Gasteiger charge is -2.24. The van der Waals surface area contributed by atoms with Gasteiger partial charge in [0.25, 0.3) is 0 Å². The quantitative estimate of drug-likeness (QED) is 0.264. The van der Waals surface area contributed by atoms with Gasteiger partial charge in [-0.2, -0.15) is 0 Å². The van der Waals surface area contributed by atoms with Crippen LogP contribution in [0, 0.1) is 26.2 Å². The Morgan fingerprint density at radius 1 is 0.963 bits per heavy atom. The van der Waals surface area contributed by atoms with E-state index in [2.05, 4.69) is 19.1 Å². The fourth-order valence-corrected chi connectivity index (χ4v) is 3.65. The Kier molecular flexibility index (Phi) is 12.0. The summed E-state index contributed by atoms with van der Waals surface area (Å²) in [6, 6.07) is 4.10. The molecular formula is C22H35O4P. The second-order valence-electron chi connectivity index (χ2n) is 7.73. The van der Waals surface area contributed by atoms with Gasteiger partial charge in [0.1, 0.15) is 9.12 Å². The Morgan fingerprint density at radius 2 is 1.44 bits per heavy atom. The van der Waals surface area contributed by atoms with Gasteiger partial charge >= 0.3 is 5.97 Å². The van der Waals surface area contributed by atoms with Gasteiger partial charge in [-0.25, -0.2) is 0 Å². The molecule has 0 aliphatic heterocycles. The maximum absolute atomic E-state index is 12.6. The molecule has 0 aromatic heterocycles. The third-order valence-corrected chi connectivity index (χ3v) is 5.19. The molecule has 4 nitrogen and oxygen atoms in total. The van der Waals surface area contributed by atoms with E-state index in [0.29, 0.717) is 12.8 Å². The highest BCUT2D eigenvalue weighted by molar-refractivity contribution is 7.00. The summed E-state index contributed by atoms with van der Waals surface area (Å²) >= 11 is 0. The summed E-state index contributed by atoms with van der Waals surface area (Å²) in [5.41, 5.74) is 3.44. The predicted octanol–water partition coefficient (Wildman–Crippen LogP) is 6.50. The topological polar surface area (TPSA) is 71.4 Å². The standard InChI is InChI=1S/C22H34O3.HOP/c1-6-7-9-12-22(5,21(24)25)13-10-8-11-19(23)20-17(3)14-16(2)15-18(20)4;1-2/h14-15H,6-13H2,1-5H3,(H,24,25);2H. The molecule has 0 aliphatic rings. The van der Waals surface area contributed by atoms with E-state index in [0.717, 1.165) is 55.2 Å². The smallest absolute Gasteiger partial charge is 0.309 e. The first-order valence-corrected chi connectivity index (χ1v) is 10.2. The lowest BCUT2D eigenvalue weighted by molar-refractivity contribution is -0.149. The lowest BCUT2D eigenvalue weighted by atomic mass is 9.80. The number of carbonyl (C=O) groups excluding carboxylic acids is 1. The zero-order chi connectivity index (χ0) is 21.0. The van der Waals surface area contributed by atoms with E-state index in [1.165, 1.54) is 5.56 Å². The molecule has 152 valence electrons. The Morgan fingerprint density at radius 3 is 1.89 bits per heavy atom. The van der Waals surface area contributed by atoms with Crippen molar-refractivity contribution in [1.82, 2.24) is 0 Å². The van der Waals surface area contributed by atoms with E-state index >= 15 is 0 Å². The Bertz CT molecular complexity index is 604. The summed E-state index contributed by atoms with van der Waals surface area (Å²) in [6.07, 6.45) is 6.53. The van der Waals surface area contributed by atoms with Crippen molar-refractivity contribution in [3.63, 3.8) is 0 Å². The van der Waals surface area contributed by atoms with E-state index < -0.39 is 11.4 Å². The van der Waals surface area contributed by atoms with Gasteiger partial charge in [0, 0.05) is 12.0 Å². The minimum Gasteiger partial charge on any atom is -0.481 e. The summed E-state index contributed by atoms with van der Waals surface area (Å²) in [5.74, 6) is -0.529. The number of carbonyl (C=O) groups is 2. The number of aliphatic carboxylic acids is 1. The molecule has 1 aromatic carbocycles. The molecule has 0 heterocycles. The minimum absolute atomic E-state index is 0.179. The van der Waals surface area contributed by atoms with Crippen molar-refractivity contribution in [2.24, 2.45) is 5.41 Å². The molecule has 0 saturated heterocycles. The van der Waals surface area contributed by atoms with Crippen LogP contribution in [0.2, 0.25) is 0 Å². The van der Waals surface area contributed by atoms with E-state index in [9.17, 15) is 14.7 Å². The van der Waals surface area contributed by atoms with Crippen LogP contribution < -0.4 is 0 Å². The molecule has 0 aliphatic carbocycles. The van der Waals surface area contributed by atoms with Gasteiger partial charge in [-0.3, -0.25) is 14.2 Å². The van der Waals surface area contributed by atoms with Crippen molar-refractivity contribution in [2.75, 3.05) is 0 Å². The number of carboxylic acid groups (broad SMARTS) is 1. The number of rotatable bonds is 11. The highest BCUT2D eigenvalue weighted by Crippen LogP contribution is 2.31. The Balaban J connectivity index is 0.00000326. The summed E-state index contributed by atoms with van der Waals surface area (Å²) in [7, 11) is 1.72. The number of benzene rings is 1. The second kappa shape index (κ2) is 12.8. The van der Waals surface area contributed by atoms with Crippen LogP contribution in [0.25, 0.3) is 0 Å². The Labute approximate surface area is 166 Å². The van der Waals surface area contributed by atoms with Gasteiger partial charge in [-0.15, -0.1) is 0 Å². The average molecular weight is 394 g/mol. The van der Waals surface area contributed by atoms with Crippen molar-refractivity contribution >= 4 is 20.9 Å². The van der Waals surface area contributed by atoms with Gasteiger partial charge in [0.2, 0.25) is 0 Å². The number of Topliss-reactive ketones (excluding diaryl/α,β-unsaturated/α-hetero) is 1. The van der Waals surface area contributed by atoms with Gasteiger partial charge in [0.05, 0.1) is 5.41 Å². The van der Waals surface area contributed by atoms with Crippen LogP contribution in [0.15, 0.2) is 12.1 Å². The molecule has 5 heteroatoms. The molecule has 1 N–H and O–H groups in total. The third-order valence-electron chi connectivity index (χ3n) is 5.19. The number of hydrogen-bond acceptors (Lipinski definition) is 3. The third kappa shape index (κ3) is 8.34. The number of carboxylic acids is 1. The molecule has 0 fully saturated rings. The van der Waals surface area contributed by atoms with Gasteiger partial charge in [-0.1, -0.05) is 50.3 Å². The van der Waals surface area contributed by atoms with Crippen molar-refractivity contribution in [2.45, 2.75) is 86.0 Å². The van der Waals surface area contributed by atoms with E-state index in [-0.39, 0.29) is 5.78 Å². The van der Waals surface area contributed by atoms with E-state index in [4.69, 9.17) is 4.57 Å². The molecule has 1 atom stereocenters. The van der Waals surface area contributed by atoms with E-state index in [1.54, 1.807) is 9.12 Å². The SMILES string of the molecule is CCCCCC(C)(CCCCC(=O)c1c(C)cc(C)cc1C)C(=O)O.O=P. The van der Waals surface area contributed by atoms with Gasteiger partial charge < -0.3 is 5.11 Å². The molecule has 1 rings (SSSR count). The Hall–Kier alpha value is -1.54. The normalized spacial score (nSPS) is 12.6. The van der Waals surface area contributed by atoms with Crippen LogP contribution in [0.5, 0.6) is 0 Å². The largest absolute Gasteiger partial charge is 0.481 e. The average Bonchev–Trinajstić information content (AvgIpc) is 2.59. The molecule has 0 saturated carbocycles. The summed E-state index contributed by atoms with van der Waals surface area (Å²) in [6.45, 7) is 9.99. The molecular weight excluding hydrogens is 359 g/mol. The summed E-state index contributed by atoms with van der Waals surface area (Å²) in [4.78, 5) is 24.2. The highest BCUT2D eigenvalue weighted by atomic mass is 31.0. The number of unbranched alkanes of at least 4 members (excludes halogenated alkanes) is 3. The minimum atomic E-state index is -0.708. The number of ketones is 1. The first-order chi connectivity index (χ1) is 12.7. The molecule has 0 spiro atoms. The molecule has 0 radical (unpaired) electrons. The maximum atomic E-state index is 12.6. The zero-order valence-corrected chi connectivity index (χ0v) is 18.5. The zero-order valence-electron chi connectivity index (χ0n) is 17.5.